The molecule has 1 heterocycles. The molecule has 0 saturated carbocycles. The monoisotopic (exact) mass is 349 g/mol. The molecule has 2 N–H and O–H groups in total. The first-order valence-electron chi connectivity index (χ1n) is 7.21. The molecule has 1 unspecified atom stereocenters. The lowest BCUT2D eigenvalue weighted by Gasteiger charge is -2.35. The molecular formula is C15H20Cl3N2O+. The quantitative estimate of drug-likeness (QED) is 0.801. The fourth-order valence-corrected chi connectivity index (χ4v) is 3.33. The summed E-state index contributed by atoms with van der Waals surface area (Å²) < 4.78 is -1.50. The Hall–Kier alpha value is -0.480. The van der Waals surface area contributed by atoms with Gasteiger partial charge in [0.1, 0.15) is 0 Å². The number of hydrogen-bond donors (Lipinski definition) is 2. The van der Waals surface area contributed by atoms with E-state index in [1.54, 1.807) is 0 Å². The van der Waals surface area contributed by atoms with E-state index in [4.69, 9.17) is 34.8 Å². The molecule has 3 nitrogen and oxygen atoms in total. The SMILES string of the molecule is O=C(Cc1ccccc1)NC([NH+]1CCCCC1)C(Cl)(Cl)Cl. The Labute approximate surface area is 140 Å². The maximum atomic E-state index is 12.2. The van der Waals surface area contributed by atoms with Crippen LogP contribution in [0.2, 0.25) is 0 Å². The lowest BCUT2D eigenvalue weighted by atomic mass is 10.1. The lowest BCUT2D eigenvalue weighted by Crippen LogP contribution is -3.20. The molecule has 1 amide bonds. The van der Waals surface area contributed by atoms with Crippen molar-refractivity contribution in [2.24, 2.45) is 0 Å². The van der Waals surface area contributed by atoms with Crippen LogP contribution in [0.5, 0.6) is 0 Å². The van der Waals surface area contributed by atoms with Crippen LogP contribution in [0.25, 0.3) is 0 Å². The summed E-state index contributed by atoms with van der Waals surface area (Å²) in [5, 5.41) is 2.90. The van der Waals surface area contributed by atoms with Crippen LogP contribution >= 0.6 is 34.8 Å². The van der Waals surface area contributed by atoms with Gasteiger partial charge in [-0.05, 0) is 24.8 Å². The Morgan fingerprint density at radius 3 is 2.33 bits per heavy atom. The van der Waals surface area contributed by atoms with Gasteiger partial charge in [-0.2, -0.15) is 0 Å². The number of amides is 1. The van der Waals surface area contributed by atoms with Crippen LogP contribution in [0, 0.1) is 0 Å². The molecule has 0 aliphatic carbocycles. The van der Waals surface area contributed by atoms with Gasteiger partial charge >= 0.3 is 0 Å². The highest BCUT2D eigenvalue weighted by atomic mass is 35.6. The minimum atomic E-state index is -1.50. The van der Waals surface area contributed by atoms with Crippen LogP contribution in [0.3, 0.4) is 0 Å². The van der Waals surface area contributed by atoms with E-state index in [2.05, 4.69) is 5.32 Å². The summed E-state index contributed by atoms with van der Waals surface area (Å²) in [5.41, 5.74) is 0.951. The highest BCUT2D eigenvalue weighted by molar-refractivity contribution is 6.68. The third kappa shape index (κ3) is 5.33. The summed E-state index contributed by atoms with van der Waals surface area (Å²) in [4.78, 5) is 13.4. The fraction of sp³-hybridized carbons (Fsp3) is 0.533. The van der Waals surface area contributed by atoms with Gasteiger partial charge in [0.05, 0.1) is 19.5 Å². The van der Waals surface area contributed by atoms with Crippen molar-refractivity contribution in [3.8, 4) is 0 Å². The van der Waals surface area contributed by atoms with Crippen molar-refractivity contribution in [1.82, 2.24) is 5.32 Å². The number of halogens is 3. The van der Waals surface area contributed by atoms with Gasteiger partial charge in [0.2, 0.25) is 12.1 Å². The first-order chi connectivity index (χ1) is 9.97. The van der Waals surface area contributed by atoms with Gasteiger partial charge in [0.25, 0.3) is 3.79 Å². The Morgan fingerprint density at radius 2 is 1.76 bits per heavy atom. The average Bonchev–Trinajstić information content (AvgIpc) is 2.45. The van der Waals surface area contributed by atoms with Crippen LogP contribution in [0.4, 0.5) is 0 Å². The van der Waals surface area contributed by atoms with Gasteiger partial charge in [0.15, 0.2) is 0 Å². The first kappa shape index (κ1) is 16.9. The van der Waals surface area contributed by atoms with Crippen LogP contribution in [-0.4, -0.2) is 29.0 Å². The van der Waals surface area contributed by atoms with Crippen LogP contribution in [-0.2, 0) is 11.2 Å². The standard InChI is InChI=1S/C15H19Cl3N2O/c16-15(17,18)14(20-9-5-2-6-10-20)19-13(21)11-12-7-3-1-4-8-12/h1,3-4,7-8,14H,2,5-6,9-11H2,(H,19,21)/p+1. The fourth-order valence-electron chi connectivity index (χ4n) is 2.70. The third-order valence-electron chi connectivity index (χ3n) is 3.74. The second-order valence-corrected chi connectivity index (χ2v) is 7.79. The summed E-state index contributed by atoms with van der Waals surface area (Å²) in [5.74, 6) is -0.115. The number of hydrogen-bond acceptors (Lipinski definition) is 1. The zero-order valence-corrected chi connectivity index (χ0v) is 14.0. The molecule has 1 fully saturated rings. The summed E-state index contributed by atoms with van der Waals surface area (Å²) in [6, 6.07) is 9.56. The highest BCUT2D eigenvalue weighted by Gasteiger charge is 2.42. The number of alkyl halides is 3. The first-order valence-corrected chi connectivity index (χ1v) is 8.35. The van der Waals surface area contributed by atoms with E-state index >= 15 is 0 Å². The molecule has 1 aromatic rings. The van der Waals surface area contributed by atoms with E-state index in [1.165, 1.54) is 6.42 Å². The van der Waals surface area contributed by atoms with Gasteiger partial charge in [-0.1, -0.05) is 65.1 Å². The van der Waals surface area contributed by atoms with E-state index in [0.29, 0.717) is 6.42 Å². The number of quaternary nitrogens is 1. The van der Waals surface area contributed by atoms with E-state index < -0.39 is 9.96 Å². The van der Waals surface area contributed by atoms with Crippen molar-refractivity contribution < 1.29 is 9.69 Å². The maximum Gasteiger partial charge on any atom is 0.262 e. The molecule has 1 aliphatic heterocycles. The van der Waals surface area contributed by atoms with E-state index in [-0.39, 0.29) is 5.91 Å². The molecule has 1 saturated heterocycles. The predicted molar refractivity (Wildman–Crippen MR) is 86.9 cm³/mol. The molecule has 2 rings (SSSR count). The Balaban J connectivity index is 1.99. The largest absolute Gasteiger partial charge is 0.312 e. The number of piperidine rings is 1. The molecule has 6 heteroatoms. The van der Waals surface area contributed by atoms with Gasteiger partial charge in [-0.15, -0.1) is 0 Å². The number of rotatable bonds is 4. The molecule has 0 spiro atoms. The van der Waals surface area contributed by atoms with Gasteiger partial charge in [0, 0.05) is 0 Å². The number of likely N-dealkylation sites (tertiary alicyclic amines) is 1. The topological polar surface area (TPSA) is 33.5 Å². The zero-order valence-electron chi connectivity index (χ0n) is 11.7. The summed E-state index contributed by atoms with van der Waals surface area (Å²) >= 11 is 18.2. The summed E-state index contributed by atoms with van der Waals surface area (Å²) in [6.45, 7) is 1.84. The Morgan fingerprint density at radius 1 is 1.14 bits per heavy atom. The van der Waals surface area contributed by atoms with Crippen molar-refractivity contribution in [3.63, 3.8) is 0 Å². The summed E-state index contributed by atoms with van der Waals surface area (Å²) in [6.07, 6.45) is 3.20. The van der Waals surface area contributed by atoms with Crippen LogP contribution in [0.15, 0.2) is 30.3 Å². The van der Waals surface area contributed by atoms with Gasteiger partial charge in [-0.3, -0.25) is 4.79 Å². The molecule has 116 valence electrons. The minimum absolute atomic E-state index is 0.115. The average molecular weight is 351 g/mol. The molecule has 0 bridgehead atoms. The number of carbonyl (C=O) groups excluding carboxylic acids is 1. The van der Waals surface area contributed by atoms with Crippen molar-refractivity contribution in [3.05, 3.63) is 35.9 Å². The van der Waals surface area contributed by atoms with Crippen molar-refractivity contribution >= 4 is 40.7 Å². The Kier molecular flexibility index (Phi) is 6.18. The Bertz CT molecular complexity index is 456. The maximum absolute atomic E-state index is 12.2. The third-order valence-corrected chi connectivity index (χ3v) is 4.40. The molecule has 0 radical (unpaired) electrons. The van der Waals surface area contributed by atoms with Crippen molar-refractivity contribution in [1.29, 1.82) is 0 Å². The second-order valence-electron chi connectivity index (χ2n) is 5.42. The number of carbonyl (C=O) groups is 1. The second kappa shape index (κ2) is 7.68. The molecular weight excluding hydrogens is 331 g/mol. The van der Waals surface area contributed by atoms with Crippen LogP contribution in [0.1, 0.15) is 24.8 Å². The molecule has 1 aromatic carbocycles. The van der Waals surface area contributed by atoms with Gasteiger partial charge in [-0.25, -0.2) is 0 Å². The number of benzene rings is 1. The molecule has 0 aromatic heterocycles. The van der Waals surface area contributed by atoms with E-state index in [9.17, 15) is 4.79 Å². The minimum Gasteiger partial charge on any atom is -0.312 e. The smallest absolute Gasteiger partial charge is 0.262 e. The normalized spacial score (nSPS) is 18.2. The molecule has 21 heavy (non-hydrogen) atoms. The van der Waals surface area contributed by atoms with Crippen molar-refractivity contribution in [2.45, 2.75) is 35.6 Å². The highest BCUT2D eigenvalue weighted by Crippen LogP contribution is 2.28. The zero-order chi connectivity index (χ0) is 15.3. The number of nitrogens with one attached hydrogen (secondary N) is 2. The van der Waals surface area contributed by atoms with Gasteiger partial charge < -0.3 is 10.2 Å². The summed E-state index contributed by atoms with van der Waals surface area (Å²) in [7, 11) is 0. The molecule has 1 atom stereocenters. The predicted octanol–water partition coefficient (Wildman–Crippen LogP) is 2.11. The van der Waals surface area contributed by atoms with Crippen molar-refractivity contribution in [2.75, 3.05) is 13.1 Å². The van der Waals surface area contributed by atoms with Crippen LogP contribution < -0.4 is 10.2 Å². The van der Waals surface area contributed by atoms with E-state index in [1.807, 2.05) is 30.3 Å². The lowest BCUT2D eigenvalue weighted by molar-refractivity contribution is -0.931. The molecule has 1 aliphatic rings. The van der Waals surface area contributed by atoms with E-state index in [0.717, 1.165) is 36.4 Å².